The zero-order valence-corrected chi connectivity index (χ0v) is 12.6. The number of nitrogens with zero attached hydrogens (tertiary/aromatic N) is 2. The number of hydrogen-bond donors (Lipinski definition) is 1. The van der Waals surface area contributed by atoms with Crippen molar-refractivity contribution in [2.75, 3.05) is 20.2 Å². The lowest BCUT2D eigenvalue weighted by atomic mass is 10.2. The molecule has 5 nitrogen and oxygen atoms in total. The van der Waals surface area contributed by atoms with Crippen molar-refractivity contribution in [3.05, 3.63) is 36.5 Å². The van der Waals surface area contributed by atoms with Crippen LogP contribution in [-0.2, 0) is 4.79 Å². The molecular formula is C15H17N3O2S. The van der Waals surface area contributed by atoms with Crippen LogP contribution in [-0.4, -0.2) is 41.0 Å². The first-order valence-electron chi connectivity index (χ1n) is 6.56. The Hall–Kier alpha value is -2.21. The van der Waals surface area contributed by atoms with Crippen LogP contribution in [0.3, 0.4) is 0 Å². The van der Waals surface area contributed by atoms with E-state index in [-0.39, 0.29) is 12.5 Å². The molecule has 0 saturated carbocycles. The summed E-state index contributed by atoms with van der Waals surface area (Å²) in [5.41, 5.74) is 6.25. The van der Waals surface area contributed by atoms with Gasteiger partial charge in [-0.2, -0.15) is 0 Å². The highest BCUT2D eigenvalue weighted by molar-refractivity contribution is 7.80. The number of fused-ring (bicyclic) bond motifs is 1. The van der Waals surface area contributed by atoms with Crippen molar-refractivity contribution in [3.8, 4) is 5.75 Å². The van der Waals surface area contributed by atoms with Gasteiger partial charge in [-0.1, -0.05) is 18.3 Å². The summed E-state index contributed by atoms with van der Waals surface area (Å²) in [5, 5.41) is 1.03. The number of rotatable bonds is 6. The van der Waals surface area contributed by atoms with Gasteiger partial charge in [-0.3, -0.25) is 9.78 Å². The SMILES string of the molecule is CN(CCC(N)=S)C(=O)COc1ccc2cccnc2c1. The summed E-state index contributed by atoms with van der Waals surface area (Å²) >= 11 is 4.79. The Morgan fingerprint density at radius 2 is 2.24 bits per heavy atom. The zero-order chi connectivity index (χ0) is 15.2. The molecular weight excluding hydrogens is 286 g/mol. The summed E-state index contributed by atoms with van der Waals surface area (Å²) in [6.45, 7) is 0.475. The van der Waals surface area contributed by atoms with E-state index < -0.39 is 0 Å². The fraction of sp³-hybridized carbons (Fsp3) is 0.267. The van der Waals surface area contributed by atoms with Gasteiger partial charge in [0, 0.05) is 37.7 Å². The van der Waals surface area contributed by atoms with Crippen LogP contribution >= 0.6 is 12.2 Å². The fourth-order valence-electron chi connectivity index (χ4n) is 1.79. The third kappa shape index (κ3) is 4.39. The van der Waals surface area contributed by atoms with E-state index in [1.165, 1.54) is 0 Å². The van der Waals surface area contributed by atoms with E-state index in [9.17, 15) is 4.79 Å². The topological polar surface area (TPSA) is 68.5 Å². The highest BCUT2D eigenvalue weighted by Gasteiger charge is 2.10. The number of carbonyl (C=O) groups excluding carboxylic acids is 1. The molecule has 1 aromatic heterocycles. The minimum absolute atomic E-state index is 0.0217. The first-order chi connectivity index (χ1) is 10.1. The third-order valence-electron chi connectivity index (χ3n) is 3.06. The molecule has 2 rings (SSSR count). The van der Waals surface area contributed by atoms with Crippen LogP contribution in [0.1, 0.15) is 6.42 Å². The van der Waals surface area contributed by atoms with E-state index in [0.29, 0.717) is 23.7 Å². The lowest BCUT2D eigenvalue weighted by Gasteiger charge is -2.17. The van der Waals surface area contributed by atoms with Crippen LogP contribution in [0.25, 0.3) is 10.9 Å². The van der Waals surface area contributed by atoms with Crippen LogP contribution in [0.2, 0.25) is 0 Å². The van der Waals surface area contributed by atoms with Gasteiger partial charge in [-0.25, -0.2) is 0 Å². The summed E-state index contributed by atoms with van der Waals surface area (Å²) in [7, 11) is 1.70. The molecule has 0 fully saturated rings. The number of ether oxygens (including phenoxy) is 1. The quantitative estimate of drug-likeness (QED) is 0.823. The normalized spacial score (nSPS) is 10.3. The second-order valence-corrected chi connectivity index (χ2v) is 5.20. The zero-order valence-electron chi connectivity index (χ0n) is 11.8. The number of nitrogens with two attached hydrogens (primary N) is 1. The molecule has 0 spiro atoms. The molecule has 110 valence electrons. The van der Waals surface area contributed by atoms with Gasteiger partial charge >= 0.3 is 0 Å². The Bertz CT molecular complexity index is 660. The van der Waals surface area contributed by atoms with E-state index in [1.807, 2.05) is 30.3 Å². The molecule has 0 bridgehead atoms. The van der Waals surface area contributed by atoms with Gasteiger partial charge in [0.2, 0.25) is 0 Å². The average Bonchev–Trinajstić information content (AvgIpc) is 2.49. The molecule has 21 heavy (non-hydrogen) atoms. The summed E-state index contributed by atoms with van der Waals surface area (Å²) in [6, 6.07) is 9.41. The van der Waals surface area contributed by atoms with Gasteiger partial charge < -0.3 is 15.4 Å². The summed E-state index contributed by atoms with van der Waals surface area (Å²) < 4.78 is 5.51. The minimum Gasteiger partial charge on any atom is -0.484 e. The van der Waals surface area contributed by atoms with E-state index in [2.05, 4.69) is 4.98 Å². The van der Waals surface area contributed by atoms with Crippen LogP contribution in [0, 0.1) is 0 Å². The predicted octanol–water partition coefficient (Wildman–Crippen LogP) is 1.75. The van der Waals surface area contributed by atoms with Gasteiger partial charge in [0.1, 0.15) is 5.75 Å². The van der Waals surface area contributed by atoms with Gasteiger partial charge in [0.05, 0.1) is 10.5 Å². The molecule has 1 aromatic carbocycles. The van der Waals surface area contributed by atoms with Gasteiger partial charge in [-0.05, 0) is 18.2 Å². The highest BCUT2D eigenvalue weighted by atomic mass is 32.1. The molecule has 1 amide bonds. The molecule has 0 aliphatic carbocycles. The molecule has 2 aromatic rings. The largest absolute Gasteiger partial charge is 0.484 e. The number of hydrogen-bond acceptors (Lipinski definition) is 4. The maximum absolute atomic E-state index is 11.9. The van der Waals surface area contributed by atoms with Crippen LogP contribution in [0.4, 0.5) is 0 Å². The maximum atomic E-state index is 11.9. The van der Waals surface area contributed by atoms with Crippen LogP contribution < -0.4 is 10.5 Å². The van der Waals surface area contributed by atoms with Crippen molar-refractivity contribution in [2.24, 2.45) is 5.73 Å². The Morgan fingerprint density at radius 1 is 1.43 bits per heavy atom. The Morgan fingerprint density at radius 3 is 3.00 bits per heavy atom. The highest BCUT2D eigenvalue weighted by Crippen LogP contribution is 2.18. The van der Waals surface area contributed by atoms with E-state index in [0.717, 1.165) is 10.9 Å². The van der Waals surface area contributed by atoms with E-state index >= 15 is 0 Å². The second kappa shape index (κ2) is 6.99. The number of benzene rings is 1. The first kappa shape index (κ1) is 15.2. The Balaban J connectivity index is 1.91. The number of pyridine rings is 1. The molecule has 6 heteroatoms. The standard InChI is InChI=1S/C15H17N3O2S/c1-18(8-6-14(16)21)15(19)10-20-12-5-4-11-3-2-7-17-13(11)9-12/h2-5,7,9H,6,8,10H2,1H3,(H2,16,21). The Kier molecular flexibility index (Phi) is 5.05. The van der Waals surface area contributed by atoms with Crippen LogP contribution in [0.15, 0.2) is 36.5 Å². The molecule has 1 heterocycles. The summed E-state index contributed by atoms with van der Waals surface area (Å²) in [4.78, 5) is 18.1. The van der Waals surface area contributed by atoms with Gasteiger partial charge in [0.15, 0.2) is 6.61 Å². The van der Waals surface area contributed by atoms with Crippen molar-refractivity contribution in [1.82, 2.24) is 9.88 Å². The third-order valence-corrected chi connectivity index (χ3v) is 3.26. The molecule has 0 unspecified atom stereocenters. The maximum Gasteiger partial charge on any atom is 0.260 e. The van der Waals surface area contributed by atoms with Crippen molar-refractivity contribution >= 4 is 34.0 Å². The van der Waals surface area contributed by atoms with Crippen LogP contribution in [0.5, 0.6) is 5.75 Å². The molecule has 0 aliphatic rings. The number of amides is 1. The summed E-state index contributed by atoms with van der Waals surface area (Å²) in [6.07, 6.45) is 2.23. The Labute approximate surface area is 128 Å². The van der Waals surface area contributed by atoms with Crippen molar-refractivity contribution in [3.63, 3.8) is 0 Å². The molecule has 0 radical (unpaired) electrons. The van der Waals surface area contributed by atoms with E-state index in [1.54, 1.807) is 18.1 Å². The number of likely N-dealkylation sites (N-methyl/N-ethyl adjacent to an activating group) is 1. The lowest BCUT2D eigenvalue weighted by Crippen LogP contribution is -2.33. The fourth-order valence-corrected chi connectivity index (χ4v) is 1.89. The monoisotopic (exact) mass is 303 g/mol. The predicted molar refractivity (Wildman–Crippen MR) is 86.3 cm³/mol. The second-order valence-electron chi connectivity index (χ2n) is 4.68. The molecule has 0 saturated heterocycles. The van der Waals surface area contributed by atoms with Crippen molar-refractivity contribution in [2.45, 2.75) is 6.42 Å². The minimum atomic E-state index is -0.118. The number of carbonyl (C=O) groups is 1. The van der Waals surface area contributed by atoms with Gasteiger partial charge in [-0.15, -0.1) is 0 Å². The smallest absolute Gasteiger partial charge is 0.260 e. The van der Waals surface area contributed by atoms with Crippen molar-refractivity contribution < 1.29 is 9.53 Å². The number of aromatic nitrogens is 1. The van der Waals surface area contributed by atoms with Crippen molar-refractivity contribution in [1.29, 1.82) is 0 Å². The lowest BCUT2D eigenvalue weighted by molar-refractivity contribution is -0.131. The first-order valence-corrected chi connectivity index (χ1v) is 6.97. The molecule has 0 aliphatic heterocycles. The van der Waals surface area contributed by atoms with E-state index in [4.69, 9.17) is 22.7 Å². The van der Waals surface area contributed by atoms with Gasteiger partial charge in [0.25, 0.3) is 5.91 Å². The number of thiocarbonyl (C=S) groups is 1. The summed E-state index contributed by atoms with van der Waals surface area (Å²) in [5.74, 6) is 0.504. The molecule has 2 N–H and O–H groups in total. The molecule has 0 atom stereocenters. The average molecular weight is 303 g/mol.